The number of benzene rings is 1. The molecule has 4 saturated carbocycles. The van der Waals surface area contributed by atoms with Crippen molar-refractivity contribution in [2.75, 3.05) is 0 Å². The summed E-state index contributed by atoms with van der Waals surface area (Å²) in [7, 11) is -7.66. The van der Waals surface area contributed by atoms with Gasteiger partial charge in [0.1, 0.15) is 7.59 Å². The molecular weight excluding hydrogens is 505 g/mol. The molecule has 1 unspecified atom stereocenters. The minimum atomic E-state index is -3.44. The molecule has 4 aliphatic carbocycles. The van der Waals surface area contributed by atoms with Gasteiger partial charge in [-0.15, -0.1) is 0 Å². The summed E-state index contributed by atoms with van der Waals surface area (Å²) in [5.41, 5.74) is 4.58. The lowest BCUT2D eigenvalue weighted by molar-refractivity contribution is -0.0479. The van der Waals surface area contributed by atoms with Crippen LogP contribution in [0.4, 0.5) is 0 Å². The van der Waals surface area contributed by atoms with E-state index in [4.69, 9.17) is 8.85 Å². The summed E-state index contributed by atoms with van der Waals surface area (Å²) in [5.74, 6) is 3.58. The van der Waals surface area contributed by atoms with Crippen molar-refractivity contribution in [3.63, 3.8) is 0 Å². The third kappa shape index (κ3) is 5.79. The van der Waals surface area contributed by atoms with Gasteiger partial charge in [-0.2, -0.15) is 0 Å². The Labute approximate surface area is 230 Å². The first-order valence-corrected chi connectivity index (χ1v) is 24.4. The van der Waals surface area contributed by atoms with E-state index in [1.807, 2.05) is 0 Å². The van der Waals surface area contributed by atoms with Crippen molar-refractivity contribution in [1.29, 1.82) is 0 Å². The average Bonchev–Trinajstić information content (AvgIpc) is 2.65. The van der Waals surface area contributed by atoms with Gasteiger partial charge in [-0.1, -0.05) is 37.3 Å². The maximum atomic E-state index is 13.2. The summed E-state index contributed by atoms with van der Waals surface area (Å²) in [5, 5.41) is 1.11. The molecule has 1 aromatic rings. The lowest BCUT2D eigenvalue weighted by Crippen LogP contribution is -2.65. The molecule has 4 aliphatic rings. The molecule has 0 saturated heterocycles. The zero-order chi connectivity index (χ0) is 27.8. The van der Waals surface area contributed by atoms with Crippen LogP contribution in [-0.2, 0) is 8.85 Å². The highest BCUT2D eigenvalue weighted by molar-refractivity contribution is 7.42. The summed E-state index contributed by atoms with van der Waals surface area (Å²) in [6.45, 7) is 26.9. The van der Waals surface area contributed by atoms with Crippen LogP contribution < -0.4 is 0 Å². The normalized spacial score (nSPS) is 30.2. The first kappa shape index (κ1) is 29.3. The Hall–Kier alpha value is -0.669. The molecule has 6 heteroatoms. The number of allylic oxidation sites excluding steroid dienone is 1. The molecular formula is C31H54O3Si3. The van der Waals surface area contributed by atoms with Crippen molar-refractivity contribution < 1.29 is 13.6 Å². The summed E-state index contributed by atoms with van der Waals surface area (Å²) in [6, 6.07) is 4.59. The number of hydrogen-bond donors (Lipinski definition) is 1. The van der Waals surface area contributed by atoms with E-state index in [9.17, 15) is 4.80 Å². The van der Waals surface area contributed by atoms with Crippen LogP contribution in [0.1, 0.15) is 81.5 Å². The van der Waals surface area contributed by atoms with Gasteiger partial charge in [-0.25, -0.2) is 0 Å². The topological polar surface area (TPSA) is 38.7 Å². The van der Waals surface area contributed by atoms with Crippen LogP contribution in [0.2, 0.25) is 39.3 Å². The molecule has 5 rings (SSSR count). The van der Waals surface area contributed by atoms with E-state index in [-0.39, 0.29) is 5.41 Å². The first-order valence-electron chi connectivity index (χ1n) is 14.7. The van der Waals surface area contributed by atoms with Crippen LogP contribution in [0.5, 0.6) is 0 Å². The minimum Gasteiger partial charge on any atom is -0.547 e. The van der Waals surface area contributed by atoms with Gasteiger partial charge in [-0.05, 0) is 134 Å². The molecule has 1 aromatic carbocycles. The van der Waals surface area contributed by atoms with E-state index in [0.29, 0.717) is 0 Å². The van der Waals surface area contributed by atoms with Crippen molar-refractivity contribution in [3.05, 3.63) is 40.1 Å². The number of rotatable bonds is 7. The third-order valence-corrected chi connectivity index (χ3v) is 21.0. The van der Waals surface area contributed by atoms with Crippen LogP contribution in [0.25, 0.3) is 5.20 Å². The van der Waals surface area contributed by atoms with E-state index in [1.54, 1.807) is 0 Å². The molecule has 4 fully saturated rings. The van der Waals surface area contributed by atoms with Crippen molar-refractivity contribution in [1.82, 2.24) is 0 Å². The van der Waals surface area contributed by atoms with Crippen LogP contribution in [-0.4, -0.2) is 34.4 Å². The summed E-state index contributed by atoms with van der Waals surface area (Å²) in [4.78, 5) is 13.2. The molecule has 0 radical (unpaired) electrons. The highest BCUT2D eigenvalue weighted by Gasteiger charge is 2.60. The van der Waals surface area contributed by atoms with Gasteiger partial charge >= 0.3 is 8.08 Å². The zero-order valence-corrected chi connectivity index (χ0v) is 28.9. The Balaban J connectivity index is 2.13. The predicted molar refractivity (Wildman–Crippen MR) is 165 cm³/mol. The van der Waals surface area contributed by atoms with Crippen LogP contribution in [0.15, 0.2) is 17.9 Å². The Kier molecular flexibility index (Phi) is 7.50. The fourth-order valence-corrected chi connectivity index (χ4v) is 17.4. The van der Waals surface area contributed by atoms with Crippen molar-refractivity contribution in [2.24, 2.45) is 23.2 Å². The predicted octanol–water partition coefficient (Wildman–Crippen LogP) is 8.60. The van der Waals surface area contributed by atoms with Gasteiger partial charge in [0, 0.05) is 10.6 Å². The minimum absolute atomic E-state index is 0.0377. The van der Waals surface area contributed by atoms with Crippen LogP contribution in [0.3, 0.4) is 0 Å². The van der Waals surface area contributed by atoms with Gasteiger partial charge in [0.15, 0.2) is 0 Å². The zero-order valence-electron chi connectivity index (χ0n) is 25.9. The van der Waals surface area contributed by atoms with Gasteiger partial charge < -0.3 is 13.6 Å². The molecule has 0 aromatic heterocycles. The standard InChI is InChI=1S/C31H54O3Si3/c1-21-13-22(2)27(23(3)14-21)28(37(32,36(10,11)12)34-30(4,5)6)29(33-35(7,8)9)31-18-24-15-25(19-31)17-26(16-24)20-31/h13-14,24-26,32H,15-20H2,1-12H3/b29-28-. The fourth-order valence-electron chi connectivity index (χ4n) is 8.15. The summed E-state index contributed by atoms with van der Waals surface area (Å²) >= 11 is 0. The quantitative estimate of drug-likeness (QED) is 0.269. The van der Waals surface area contributed by atoms with Gasteiger partial charge in [-0.3, -0.25) is 0 Å². The largest absolute Gasteiger partial charge is 0.547 e. The van der Waals surface area contributed by atoms with E-state index < -0.39 is 29.6 Å². The number of hydrogen-bond acceptors (Lipinski definition) is 3. The summed E-state index contributed by atoms with van der Waals surface area (Å²) in [6.07, 6.45) is 7.84. The Morgan fingerprint density at radius 3 is 1.62 bits per heavy atom. The second-order valence-corrected chi connectivity index (χ2v) is 33.5. The molecule has 0 spiro atoms. The maximum Gasteiger partial charge on any atom is 0.350 e. The molecule has 1 atom stereocenters. The fraction of sp³-hybridized carbons (Fsp3) is 0.742. The Morgan fingerprint density at radius 1 is 0.838 bits per heavy atom. The highest BCUT2D eigenvalue weighted by atomic mass is 29.3. The first-order chi connectivity index (χ1) is 16.7. The maximum absolute atomic E-state index is 13.2. The van der Waals surface area contributed by atoms with Crippen molar-refractivity contribution in [3.8, 4) is 0 Å². The second-order valence-electron chi connectivity index (χ2n) is 16.0. The van der Waals surface area contributed by atoms with Crippen molar-refractivity contribution in [2.45, 2.75) is 125 Å². The molecule has 3 nitrogen and oxygen atoms in total. The van der Waals surface area contributed by atoms with E-state index in [1.165, 1.54) is 66.5 Å². The van der Waals surface area contributed by atoms with E-state index in [2.05, 4.69) is 93.0 Å². The Bertz CT molecular complexity index is 1010. The lowest BCUT2D eigenvalue weighted by atomic mass is 9.49. The van der Waals surface area contributed by atoms with Crippen molar-refractivity contribution >= 4 is 29.2 Å². The molecule has 1 N–H and O–H groups in total. The molecule has 37 heavy (non-hydrogen) atoms. The average molecular weight is 559 g/mol. The molecule has 0 heterocycles. The Morgan fingerprint density at radius 2 is 1.27 bits per heavy atom. The van der Waals surface area contributed by atoms with E-state index >= 15 is 0 Å². The SMILES string of the molecule is Cc1cc(C)c(/C(=C(/O[Si](C)(C)C)C23CC4CC(CC(C4)C2)C3)[Si](O)(OC(C)(C)C)[Si](C)(C)C)c(C)c1. The van der Waals surface area contributed by atoms with Crippen LogP contribution in [0, 0.1) is 43.9 Å². The highest BCUT2D eigenvalue weighted by Crippen LogP contribution is 2.64. The molecule has 208 valence electrons. The molecule has 4 bridgehead atoms. The summed E-state index contributed by atoms with van der Waals surface area (Å²) < 4.78 is 14.4. The van der Waals surface area contributed by atoms with E-state index in [0.717, 1.165) is 23.0 Å². The molecule has 0 amide bonds. The third-order valence-electron chi connectivity index (χ3n) is 8.89. The van der Waals surface area contributed by atoms with Crippen LogP contribution >= 0.6 is 0 Å². The number of aryl methyl sites for hydroxylation is 3. The van der Waals surface area contributed by atoms with Gasteiger partial charge in [0.25, 0.3) is 0 Å². The van der Waals surface area contributed by atoms with Gasteiger partial charge in [0.05, 0.1) is 11.4 Å². The monoisotopic (exact) mass is 558 g/mol. The second kappa shape index (κ2) is 9.46. The van der Waals surface area contributed by atoms with Gasteiger partial charge in [0.2, 0.25) is 8.32 Å². The molecule has 0 aliphatic heterocycles. The lowest BCUT2D eigenvalue weighted by Gasteiger charge is -2.58. The smallest absolute Gasteiger partial charge is 0.350 e.